The molecule has 1 aromatic carbocycles. The summed E-state index contributed by atoms with van der Waals surface area (Å²) < 4.78 is 5.41. The molecule has 8 heteroatoms. The van der Waals surface area contributed by atoms with Crippen LogP contribution in [-0.2, 0) is 22.4 Å². The van der Waals surface area contributed by atoms with E-state index >= 15 is 0 Å². The summed E-state index contributed by atoms with van der Waals surface area (Å²) in [5.41, 5.74) is 3.56. The minimum atomic E-state index is -0.217. The maximum atomic E-state index is 11.9. The SMILES string of the molecule is COc1cncnc1N1CCN(CCCc2c[nH]c3ccc(CC4C(=O)C(=O)C4C)cc23)CC1. The van der Waals surface area contributed by atoms with Gasteiger partial charge in [-0.1, -0.05) is 13.0 Å². The number of H-pyrrole nitrogens is 1. The molecular formula is C26H31N5O3. The second-order valence-corrected chi connectivity index (χ2v) is 9.37. The number of ether oxygens (including phenoxy) is 1. The summed E-state index contributed by atoms with van der Waals surface area (Å²) >= 11 is 0. The highest BCUT2D eigenvalue weighted by molar-refractivity contribution is 6.45. The average molecular weight is 462 g/mol. The molecule has 1 saturated heterocycles. The Morgan fingerprint density at radius 1 is 1.15 bits per heavy atom. The molecule has 1 aliphatic heterocycles. The lowest BCUT2D eigenvalue weighted by atomic mass is 9.69. The van der Waals surface area contributed by atoms with E-state index in [-0.39, 0.29) is 23.4 Å². The average Bonchev–Trinajstić information content (AvgIpc) is 3.29. The Morgan fingerprint density at radius 2 is 1.97 bits per heavy atom. The van der Waals surface area contributed by atoms with Gasteiger partial charge in [-0.3, -0.25) is 14.5 Å². The van der Waals surface area contributed by atoms with Gasteiger partial charge in [0.15, 0.2) is 11.6 Å². The molecule has 2 fully saturated rings. The fraction of sp³-hybridized carbons (Fsp3) is 0.462. The number of aromatic nitrogens is 3. The molecule has 5 rings (SSSR count). The van der Waals surface area contributed by atoms with Gasteiger partial charge in [-0.15, -0.1) is 0 Å². The second-order valence-electron chi connectivity index (χ2n) is 9.37. The Morgan fingerprint density at radius 3 is 2.74 bits per heavy atom. The van der Waals surface area contributed by atoms with Crippen LogP contribution >= 0.6 is 0 Å². The van der Waals surface area contributed by atoms with Crippen molar-refractivity contribution in [3.63, 3.8) is 0 Å². The lowest BCUT2D eigenvalue weighted by molar-refractivity contribution is -0.151. The van der Waals surface area contributed by atoms with Crippen molar-refractivity contribution in [1.82, 2.24) is 19.9 Å². The number of methoxy groups -OCH3 is 1. The second kappa shape index (κ2) is 9.54. The van der Waals surface area contributed by atoms with E-state index in [9.17, 15) is 9.59 Å². The van der Waals surface area contributed by atoms with Gasteiger partial charge in [0.2, 0.25) is 11.6 Å². The molecule has 8 nitrogen and oxygen atoms in total. The van der Waals surface area contributed by atoms with Crippen LogP contribution in [0.15, 0.2) is 36.9 Å². The number of hydrogen-bond acceptors (Lipinski definition) is 7. The smallest absolute Gasteiger partial charge is 0.202 e. The number of piperazine rings is 1. The number of fused-ring (bicyclic) bond motifs is 1. The molecule has 3 heterocycles. The van der Waals surface area contributed by atoms with Crippen molar-refractivity contribution in [1.29, 1.82) is 0 Å². The van der Waals surface area contributed by atoms with Crippen LogP contribution in [0.1, 0.15) is 24.5 Å². The molecule has 0 spiro atoms. The van der Waals surface area contributed by atoms with Gasteiger partial charge in [-0.2, -0.15) is 0 Å². The molecule has 178 valence electrons. The zero-order valence-corrected chi connectivity index (χ0v) is 19.8. The fourth-order valence-corrected chi connectivity index (χ4v) is 5.17. The quantitative estimate of drug-likeness (QED) is 0.516. The first-order chi connectivity index (χ1) is 16.5. The highest BCUT2D eigenvalue weighted by atomic mass is 16.5. The van der Waals surface area contributed by atoms with E-state index < -0.39 is 0 Å². The minimum absolute atomic E-state index is 0.148. The van der Waals surface area contributed by atoms with Gasteiger partial charge in [0.1, 0.15) is 6.33 Å². The summed E-state index contributed by atoms with van der Waals surface area (Å²) in [4.78, 5) is 40.1. The van der Waals surface area contributed by atoms with Crippen LogP contribution in [0.5, 0.6) is 5.75 Å². The summed E-state index contributed by atoms with van der Waals surface area (Å²) in [6.45, 7) is 6.75. The lowest BCUT2D eigenvalue weighted by Crippen LogP contribution is -2.47. The number of aromatic amines is 1. The Labute approximate surface area is 199 Å². The van der Waals surface area contributed by atoms with Crippen molar-refractivity contribution in [2.75, 3.05) is 44.7 Å². The van der Waals surface area contributed by atoms with Crippen molar-refractivity contribution in [3.05, 3.63) is 48.0 Å². The van der Waals surface area contributed by atoms with Crippen molar-refractivity contribution in [3.8, 4) is 5.75 Å². The Kier molecular flexibility index (Phi) is 6.32. The van der Waals surface area contributed by atoms with Gasteiger partial charge in [0.25, 0.3) is 0 Å². The molecule has 2 atom stereocenters. The molecule has 2 aromatic heterocycles. The van der Waals surface area contributed by atoms with Crippen molar-refractivity contribution >= 4 is 28.3 Å². The van der Waals surface area contributed by atoms with E-state index in [2.05, 4.69) is 49.1 Å². The summed E-state index contributed by atoms with van der Waals surface area (Å²) in [6, 6.07) is 6.35. The summed E-state index contributed by atoms with van der Waals surface area (Å²) in [5, 5.41) is 1.23. The third-order valence-electron chi connectivity index (χ3n) is 7.36. The van der Waals surface area contributed by atoms with Gasteiger partial charge in [0, 0.05) is 55.1 Å². The summed E-state index contributed by atoms with van der Waals surface area (Å²) in [7, 11) is 1.65. The van der Waals surface area contributed by atoms with E-state index in [1.165, 1.54) is 10.9 Å². The first-order valence-electron chi connectivity index (χ1n) is 12.0. The minimum Gasteiger partial charge on any atom is -0.491 e. The molecule has 2 aliphatic rings. The van der Waals surface area contributed by atoms with Gasteiger partial charge in [0.05, 0.1) is 13.3 Å². The normalized spacial score (nSPS) is 21.2. The lowest BCUT2D eigenvalue weighted by Gasteiger charge is -2.35. The molecule has 2 unspecified atom stereocenters. The number of Topliss-reactive ketones (excluding diaryl/α,β-unsaturated/α-hetero) is 2. The number of ketones is 2. The number of nitrogens with zero attached hydrogens (tertiary/aromatic N) is 4. The third-order valence-corrected chi connectivity index (χ3v) is 7.36. The molecule has 1 saturated carbocycles. The number of aryl methyl sites for hydroxylation is 1. The Balaban J connectivity index is 1.15. The first-order valence-corrected chi connectivity index (χ1v) is 12.0. The van der Waals surface area contributed by atoms with Crippen LogP contribution in [-0.4, -0.2) is 71.3 Å². The molecule has 0 radical (unpaired) electrons. The van der Waals surface area contributed by atoms with E-state index in [0.717, 1.165) is 68.2 Å². The molecule has 1 aliphatic carbocycles. The van der Waals surface area contributed by atoms with Gasteiger partial charge in [-0.05, 0) is 49.1 Å². The van der Waals surface area contributed by atoms with E-state index in [4.69, 9.17) is 4.74 Å². The Hall–Kier alpha value is -3.26. The topological polar surface area (TPSA) is 91.4 Å². The van der Waals surface area contributed by atoms with Gasteiger partial charge >= 0.3 is 0 Å². The molecule has 0 bridgehead atoms. The molecule has 34 heavy (non-hydrogen) atoms. The van der Waals surface area contributed by atoms with Gasteiger partial charge < -0.3 is 14.6 Å². The predicted molar refractivity (Wildman–Crippen MR) is 130 cm³/mol. The number of carbonyl (C=O) groups is 2. The zero-order chi connectivity index (χ0) is 23.7. The first kappa shape index (κ1) is 22.5. The monoisotopic (exact) mass is 461 g/mol. The number of benzene rings is 1. The van der Waals surface area contributed by atoms with Crippen LogP contribution in [0.25, 0.3) is 10.9 Å². The zero-order valence-electron chi connectivity index (χ0n) is 19.8. The van der Waals surface area contributed by atoms with Crippen molar-refractivity contribution in [2.24, 2.45) is 11.8 Å². The molecule has 0 amide bonds. The number of rotatable bonds is 8. The molecular weight excluding hydrogens is 430 g/mol. The number of nitrogens with one attached hydrogen (secondary N) is 1. The van der Waals surface area contributed by atoms with Crippen LogP contribution in [0.4, 0.5) is 5.82 Å². The van der Waals surface area contributed by atoms with E-state index in [1.54, 1.807) is 19.6 Å². The van der Waals surface area contributed by atoms with Crippen LogP contribution in [0, 0.1) is 11.8 Å². The highest BCUT2D eigenvalue weighted by Crippen LogP contribution is 2.31. The van der Waals surface area contributed by atoms with Crippen LogP contribution < -0.4 is 9.64 Å². The van der Waals surface area contributed by atoms with E-state index in [1.807, 2.05) is 6.92 Å². The third kappa shape index (κ3) is 4.30. The molecule has 3 aromatic rings. The van der Waals surface area contributed by atoms with Crippen molar-refractivity contribution in [2.45, 2.75) is 26.2 Å². The summed E-state index contributed by atoms with van der Waals surface area (Å²) in [5.74, 6) is 0.857. The highest BCUT2D eigenvalue weighted by Gasteiger charge is 2.45. The van der Waals surface area contributed by atoms with Crippen LogP contribution in [0.2, 0.25) is 0 Å². The maximum absolute atomic E-state index is 11.9. The standard InChI is InChI=1S/C26H31N5O3/c1-17-20(25(33)24(17)32)12-18-5-6-22-21(13-18)19(14-28-22)4-3-7-30-8-10-31(11-9-30)26-23(34-2)15-27-16-29-26/h5-6,13-17,20,28H,3-4,7-12H2,1-2H3. The maximum Gasteiger partial charge on any atom is 0.202 e. The van der Waals surface area contributed by atoms with Gasteiger partial charge in [-0.25, -0.2) is 9.97 Å². The largest absolute Gasteiger partial charge is 0.491 e. The number of hydrogen-bond donors (Lipinski definition) is 1. The molecule has 1 N–H and O–H groups in total. The van der Waals surface area contributed by atoms with Crippen molar-refractivity contribution < 1.29 is 14.3 Å². The van der Waals surface area contributed by atoms with Crippen LogP contribution in [0.3, 0.4) is 0 Å². The number of anilines is 1. The Bertz CT molecular complexity index is 1200. The predicted octanol–water partition coefficient (Wildman–Crippen LogP) is 2.67. The van der Waals surface area contributed by atoms with E-state index in [0.29, 0.717) is 6.42 Å². The summed E-state index contributed by atoms with van der Waals surface area (Å²) in [6.07, 6.45) is 8.12. The fourth-order valence-electron chi connectivity index (χ4n) is 5.17. The number of carbonyl (C=O) groups excluding carboxylic acids is 2.